The van der Waals surface area contributed by atoms with Gasteiger partial charge in [-0.3, -0.25) is 10.1 Å². The summed E-state index contributed by atoms with van der Waals surface area (Å²) in [5.74, 6) is -0.621. The molecule has 0 aliphatic heterocycles. The standard InChI is InChI=1S/C8H8ClN5O3/c9-6-2-5(14(16)17)1-4(7(6)15)3-12-13-8(10)11/h1-3,15H,(H4,10,11,13). The molecule has 8 nitrogen and oxygen atoms in total. The van der Waals surface area contributed by atoms with Gasteiger partial charge in [-0.25, -0.2) is 0 Å². The maximum absolute atomic E-state index is 10.6. The first-order valence-corrected chi connectivity index (χ1v) is 4.58. The lowest BCUT2D eigenvalue weighted by Gasteiger charge is -2.00. The van der Waals surface area contributed by atoms with Gasteiger partial charge in [0, 0.05) is 17.7 Å². The number of non-ortho nitro benzene ring substituents is 1. The summed E-state index contributed by atoms with van der Waals surface area (Å²) >= 11 is 5.60. The SMILES string of the molecule is NC(N)=NN=Cc1cc([N+](=O)[O-])cc(Cl)c1O. The Morgan fingerprint density at radius 2 is 2.18 bits per heavy atom. The Hall–Kier alpha value is -2.35. The van der Waals surface area contributed by atoms with E-state index in [2.05, 4.69) is 10.2 Å². The number of rotatable bonds is 3. The second kappa shape index (κ2) is 5.12. The number of nitrogens with zero attached hydrogens (tertiary/aromatic N) is 3. The molecule has 5 N–H and O–H groups in total. The van der Waals surface area contributed by atoms with Gasteiger partial charge < -0.3 is 16.6 Å². The predicted octanol–water partition coefficient (Wildman–Crippen LogP) is 0.561. The summed E-state index contributed by atoms with van der Waals surface area (Å²) in [5, 5.41) is 26.6. The van der Waals surface area contributed by atoms with Gasteiger partial charge in [0.2, 0.25) is 5.96 Å². The number of hydrogen-bond donors (Lipinski definition) is 3. The van der Waals surface area contributed by atoms with E-state index in [1.165, 1.54) is 0 Å². The molecule has 0 aromatic heterocycles. The summed E-state index contributed by atoms with van der Waals surface area (Å²) < 4.78 is 0. The third-order valence-electron chi connectivity index (χ3n) is 1.66. The number of nitro benzene ring substituents is 1. The van der Waals surface area contributed by atoms with Crippen molar-refractivity contribution < 1.29 is 10.0 Å². The van der Waals surface area contributed by atoms with Gasteiger partial charge in [0.1, 0.15) is 5.75 Å². The van der Waals surface area contributed by atoms with Crippen LogP contribution in [-0.4, -0.2) is 22.2 Å². The summed E-state index contributed by atoms with van der Waals surface area (Å²) in [6, 6.07) is 2.11. The zero-order valence-corrected chi connectivity index (χ0v) is 9.13. The number of aromatic hydroxyl groups is 1. The highest BCUT2D eigenvalue weighted by molar-refractivity contribution is 6.32. The molecular weight excluding hydrogens is 250 g/mol. The third kappa shape index (κ3) is 3.31. The zero-order chi connectivity index (χ0) is 13.0. The van der Waals surface area contributed by atoms with E-state index in [0.29, 0.717) is 0 Å². The van der Waals surface area contributed by atoms with Crippen molar-refractivity contribution in [1.29, 1.82) is 0 Å². The average molecular weight is 258 g/mol. The largest absolute Gasteiger partial charge is 0.506 e. The van der Waals surface area contributed by atoms with Gasteiger partial charge in [0.25, 0.3) is 5.69 Å². The lowest BCUT2D eigenvalue weighted by Crippen LogP contribution is -2.21. The van der Waals surface area contributed by atoms with Gasteiger partial charge in [-0.1, -0.05) is 11.6 Å². The second-order valence-electron chi connectivity index (χ2n) is 2.89. The molecule has 0 aliphatic carbocycles. The fraction of sp³-hybridized carbons (Fsp3) is 0. The Bertz CT molecular complexity index is 510. The van der Waals surface area contributed by atoms with Crippen LogP contribution >= 0.6 is 11.6 Å². The van der Waals surface area contributed by atoms with Crippen LogP contribution in [0.2, 0.25) is 5.02 Å². The smallest absolute Gasteiger partial charge is 0.271 e. The molecule has 0 fully saturated rings. The van der Waals surface area contributed by atoms with E-state index < -0.39 is 4.92 Å². The minimum atomic E-state index is -0.650. The number of phenolic OH excluding ortho intramolecular Hbond substituents is 1. The van der Waals surface area contributed by atoms with Crippen molar-refractivity contribution in [3.05, 3.63) is 32.8 Å². The van der Waals surface area contributed by atoms with Crippen LogP contribution in [0.1, 0.15) is 5.56 Å². The second-order valence-corrected chi connectivity index (χ2v) is 3.30. The predicted molar refractivity (Wildman–Crippen MR) is 63.2 cm³/mol. The fourth-order valence-electron chi connectivity index (χ4n) is 0.967. The van der Waals surface area contributed by atoms with Crippen molar-refractivity contribution in [3.63, 3.8) is 0 Å². The topological polar surface area (TPSA) is 140 Å². The zero-order valence-electron chi connectivity index (χ0n) is 8.37. The molecule has 0 amide bonds. The van der Waals surface area contributed by atoms with Crippen LogP contribution in [0.4, 0.5) is 5.69 Å². The Balaban J connectivity index is 3.19. The number of halogens is 1. The summed E-state index contributed by atoms with van der Waals surface area (Å²) in [4.78, 5) is 9.90. The van der Waals surface area contributed by atoms with E-state index >= 15 is 0 Å². The van der Waals surface area contributed by atoms with E-state index in [1.807, 2.05) is 0 Å². The fourth-order valence-corrected chi connectivity index (χ4v) is 1.19. The number of nitrogens with two attached hydrogens (primary N) is 2. The Morgan fingerprint density at radius 1 is 1.53 bits per heavy atom. The minimum absolute atomic E-state index is 0.0363. The lowest BCUT2D eigenvalue weighted by molar-refractivity contribution is -0.384. The Kier molecular flexibility index (Phi) is 3.83. The van der Waals surface area contributed by atoms with E-state index in [4.69, 9.17) is 23.1 Å². The van der Waals surface area contributed by atoms with Gasteiger partial charge >= 0.3 is 0 Å². The first-order valence-electron chi connectivity index (χ1n) is 4.20. The summed E-state index contributed by atoms with van der Waals surface area (Å²) in [5.41, 5.74) is 9.80. The number of benzene rings is 1. The van der Waals surface area contributed by atoms with Crippen LogP contribution in [0.3, 0.4) is 0 Å². The molecule has 0 saturated heterocycles. The van der Waals surface area contributed by atoms with Gasteiger partial charge in [-0.05, 0) is 0 Å². The van der Waals surface area contributed by atoms with Crippen molar-refractivity contribution in [2.24, 2.45) is 21.7 Å². The van der Waals surface area contributed by atoms with Gasteiger partial charge in [0.15, 0.2) is 0 Å². The Labute approximate surface area is 100 Å². The number of guanidine groups is 1. The molecule has 0 atom stereocenters. The molecule has 17 heavy (non-hydrogen) atoms. The molecule has 90 valence electrons. The first kappa shape index (κ1) is 12.7. The average Bonchev–Trinajstić information content (AvgIpc) is 2.23. The Morgan fingerprint density at radius 3 is 2.71 bits per heavy atom. The third-order valence-corrected chi connectivity index (χ3v) is 1.95. The molecule has 9 heteroatoms. The van der Waals surface area contributed by atoms with Crippen molar-refractivity contribution in [2.75, 3.05) is 0 Å². The highest BCUT2D eigenvalue weighted by atomic mass is 35.5. The number of hydrogen-bond acceptors (Lipinski definition) is 5. The molecule has 1 rings (SSSR count). The van der Waals surface area contributed by atoms with E-state index in [0.717, 1.165) is 18.3 Å². The highest BCUT2D eigenvalue weighted by Gasteiger charge is 2.13. The molecule has 0 bridgehead atoms. The number of nitro groups is 1. The van der Waals surface area contributed by atoms with E-state index in [-0.39, 0.29) is 28.0 Å². The molecule has 0 heterocycles. The highest BCUT2D eigenvalue weighted by Crippen LogP contribution is 2.31. The summed E-state index contributed by atoms with van der Waals surface area (Å²) in [7, 11) is 0. The normalized spacial score (nSPS) is 10.4. The molecule has 0 unspecified atom stereocenters. The van der Waals surface area contributed by atoms with Gasteiger partial charge in [-0.15, -0.1) is 5.10 Å². The van der Waals surface area contributed by atoms with Crippen molar-refractivity contribution in [2.45, 2.75) is 0 Å². The first-order chi connectivity index (χ1) is 7.91. The van der Waals surface area contributed by atoms with Crippen molar-refractivity contribution in [3.8, 4) is 5.75 Å². The maximum atomic E-state index is 10.6. The molecule has 0 spiro atoms. The molecular formula is C8H8ClN5O3. The molecule has 1 aromatic carbocycles. The summed E-state index contributed by atoms with van der Waals surface area (Å²) in [6.45, 7) is 0. The molecule has 0 radical (unpaired) electrons. The van der Waals surface area contributed by atoms with Crippen molar-refractivity contribution in [1.82, 2.24) is 0 Å². The van der Waals surface area contributed by atoms with Crippen molar-refractivity contribution >= 4 is 29.5 Å². The molecule has 0 aliphatic rings. The van der Waals surface area contributed by atoms with E-state index in [1.54, 1.807) is 0 Å². The van der Waals surface area contributed by atoms with Crippen LogP contribution in [0.5, 0.6) is 5.75 Å². The quantitative estimate of drug-likeness (QED) is 0.314. The van der Waals surface area contributed by atoms with Gasteiger partial charge in [-0.2, -0.15) is 5.10 Å². The lowest BCUT2D eigenvalue weighted by atomic mass is 10.2. The maximum Gasteiger partial charge on any atom is 0.271 e. The van der Waals surface area contributed by atoms with Crippen LogP contribution < -0.4 is 11.5 Å². The molecule has 1 aromatic rings. The van der Waals surface area contributed by atoms with Crippen LogP contribution in [0.25, 0.3) is 0 Å². The van der Waals surface area contributed by atoms with Crippen LogP contribution in [0, 0.1) is 10.1 Å². The van der Waals surface area contributed by atoms with Crippen LogP contribution in [0.15, 0.2) is 22.3 Å². The summed E-state index contributed by atoms with van der Waals surface area (Å²) in [6.07, 6.45) is 1.05. The van der Waals surface area contributed by atoms with Crippen LogP contribution in [-0.2, 0) is 0 Å². The number of phenols is 1. The van der Waals surface area contributed by atoms with Gasteiger partial charge in [0.05, 0.1) is 16.2 Å². The molecule has 0 saturated carbocycles. The van der Waals surface area contributed by atoms with E-state index in [9.17, 15) is 15.2 Å². The monoisotopic (exact) mass is 257 g/mol. The minimum Gasteiger partial charge on any atom is -0.506 e.